The second-order valence-electron chi connectivity index (χ2n) is 7.51. The summed E-state index contributed by atoms with van der Waals surface area (Å²) < 4.78 is 51.1. The van der Waals surface area contributed by atoms with Gasteiger partial charge in [-0.05, 0) is 42.7 Å². The van der Waals surface area contributed by atoms with Gasteiger partial charge in [-0.15, -0.1) is 0 Å². The van der Waals surface area contributed by atoms with Crippen molar-refractivity contribution in [3.8, 4) is 11.1 Å². The smallest absolute Gasteiger partial charge is 0.243 e. The van der Waals surface area contributed by atoms with Crippen LogP contribution in [0.25, 0.3) is 11.1 Å². The van der Waals surface area contributed by atoms with Crippen molar-refractivity contribution in [2.45, 2.75) is 28.6 Å². The maximum absolute atomic E-state index is 13.2. The van der Waals surface area contributed by atoms with Crippen LogP contribution >= 0.6 is 0 Å². The summed E-state index contributed by atoms with van der Waals surface area (Å²) in [5.74, 6) is 0.00141. The molecule has 0 aliphatic carbocycles. The van der Waals surface area contributed by atoms with E-state index in [0.717, 1.165) is 35.9 Å². The summed E-state index contributed by atoms with van der Waals surface area (Å²) in [6.07, 6.45) is 4.47. The number of H-pyrrole nitrogens is 1. The lowest BCUT2D eigenvalue weighted by atomic mass is 9.91. The number of hydrogen-bond donors (Lipinski definition) is 1. The quantitative estimate of drug-likeness (QED) is 0.651. The van der Waals surface area contributed by atoms with E-state index < -0.39 is 19.9 Å². The Balaban J connectivity index is 1.60. The van der Waals surface area contributed by atoms with Gasteiger partial charge in [-0.25, -0.2) is 16.8 Å². The second kappa shape index (κ2) is 7.98. The van der Waals surface area contributed by atoms with Crippen LogP contribution in [0.4, 0.5) is 0 Å². The molecule has 0 spiro atoms. The molecule has 4 rings (SSSR count). The SMILES string of the molecule is CS(=O)(=O)c1ccc(S(=O)(=O)N2CCCC(c3[nH]ncc3-c3ccccc3)C2)cc1. The number of aromatic nitrogens is 2. The van der Waals surface area contributed by atoms with Crippen LogP contribution in [-0.4, -0.2) is 50.7 Å². The van der Waals surface area contributed by atoms with Gasteiger partial charge in [0.05, 0.1) is 16.0 Å². The summed E-state index contributed by atoms with van der Waals surface area (Å²) in [5.41, 5.74) is 2.96. The molecule has 1 atom stereocenters. The Morgan fingerprint density at radius 2 is 1.63 bits per heavy atom. The molecule has 1 N–H and O–H groups in total. The maximum Gasteiger partial charge on any atom is 0.243 e. The van der Waals surface area contributed by atoms with Gasteiger partial charge in [0.1, 0.15) is 0 Å². The fourth-order valence-electron chi connectivity index (χ4n) is 3.86. The number of rotatable bonds is 5. The van der Waals surface area contributed by atoms with Crippen LogP contribution < -0.4 is 0 Å². The fourth-order valence-corrected chi connectivity index (χ4v) is 6.01. The van der Waals surface area contributed by atoms with E-state index in [1.54, 1.807) is 6.20 Å². The Kier molecular flexibility index (Phi) is 5.52. The summed E-state index contributed by atoms with van der Waals surface area (Å²) in [7, 11) is -7.10. The Bertz CT molecular complexity index is 1230. The molecule has 0 amide bonds. The van der Waals surface area contributed by atoms with Crippen molar-refractivity contribution < 1.29 is 16.8 Å². The van der Waals surface area contributed by atoms with Crippen LogP contribution in [0.3, 0.4) is 0 Å². The van der Waals surface area contributed by atoms with E-state index in [0.29, 0.717) is 13.1 Å². The molecule has 1 aliphatic heterocycles. The average molecular weight is 446 g/mol. The molecule has 7 nitrogen and oxygen atoms in total. The highest BCUT2D eigenvalue weighted by Gasteiger charge is 2.32. The summed E-state index contributed by atoms with van der Waals surface area (Å²) in [5, 5.41) is 7.27. The molecule has 3 aromatic rings. The lowest BCUT2D eigenvalue weighted by molar-refractivity contribution is 0.313. The van der Waals surface area contributed by atoms with Crippen LogP contribution in [0.1, 0.15) is 24.5 Å². The van der Waals surface area contributed by atoms with Crippen molar-refractivity contribution in [2.24, 2.45) is 0 Å². The molecule has 30 heavy (non-hydrogen) atoms. The van der Waals surface area contributed by atoms with Crippen LogP contribution in [-0.2, 0) is 19.9 Å². The molecule has 1 fully saturated rings. The van der Waals surface area contributed by atoms with E-state index in [-0.39, 0.29) is 15.7 Å². The van der Waals surface area contributed by atoms with E-state index in [1.807, 2.05) is 30.3 Å². The average Bonchev–Trinajstić information content (AvgIpc) is 3.24. The minimum Gasteiger partial charge on any atom is -0.282 e. The Labute approximate surface area is 176 Å². The van der Waals surface area contributed by atoms with Crippen molar-refractivity contribution in [3.63, 3.8) is 0 Å². The number of nitrogens with one attached hydrogen (secondary N) is 1. The molecule has 0 radical (unpaired) electrons. The van der Waals surface area contributed by atoms with Gasteiger partial charge in [0.25, 0.3) is 0 Å². The van der Waals surface area contributed by atoms with E-state index in [9.17, 15) is 16.8 Å². The van der Waals surface area contributed by atoms with Crippen molar-refractivity contribution in [1.29, 1.82) is 0 Å². The molecule has 1 aromatic heterocycles. The number of sulfonamides is 1. The summed E-state index contributed by atoms with van der Waals surface area (Å²) in [6, 6.07) is 15.3. The molecular formula is C21H23N3O4S2. The molecule has 1 saturated heterocycles. The molecule has 1 aliphatic rings. The van der Waals surface area contributed by atoms with Crippen LogP contribution in [0.15, 0.2) is 70.6 Å². The highest BCUT2D eigenvalue weighted by Crippen LogP contribution is 2.34. The number of aromatic amines is 1. The minimum absolute atomic E-state index is 0.00141. The first-order valence-corrected chi connectivity index (χ1v) is 13.0. The second-order valence-corrected chi connectivity index (χ2v) is 11.5. The van der Waals surface area contributed by atoms with Gasteiger partial charge in [0.15, 0.2) is 9.84 Å². The minimum atomic E-state index is -3.72. The predicted octanol–water partition coefficient (Wildman–Crippen LogP) is 3.05. The molecule has 2 heterocycles. The normalized spacial score (nSPS) is 18.4. The monoisotopic (exact) mass is 445 g/mol. The highest BCUT2D eigenvalue weighted by atomic mass is 32.2. The maximum atomic E-state index is 13.2. The lowest BCUT2D eigenvalue weighted by Crippen LogP contribution is -2.39. The van der Waals surface area contributed by atoms with E-state index in [2.05, 4.69) is 10.2 Å². The molecule has 2 aromatic carbocycles. The van der Waals surface area contributed by atoms with Gasteiger partial charge in [0, 0.05) is 36.5 Å². The number of nitrogens with zero attached hydrogens (tertiary/aromatic N) is 2. The third kappa shape index (κ3) is 4.05. The molecule has 9 heteroatoms. The topological polar surface area (TPSA) is 100 Å². The van der Waals surface area contributed by atoms with Crippen LogP contribution in [0.2, 0.25) is 0 Å². The Morgan fingerprint density at radius 3 is 2.30 bits per heavy atom. The van der Waals surface area contributed by atoms with Gasteiger partial charge in [-0.1, -0.05) is 30.3 Å². The van der Waals surface area contributed by atoms with E-state index in [4.69, 9.17) is 0 Å². The Hall–Kier alpha value is -2.49. The van der Waals surface area contributed by atoms with Crippen LogP contribution in [0, 0.1) is 0 Å². The first kappa shape index (κ1) is 20.8. The number of benzene rings is 2. The predicted molar refractivity (Wildman–Crippen MR) is 114 cm³/mol. The number of sulfone groups is 1. The zero-order valence-corrected chi connectivity index (χ0v) is 18.2. The summed E-state index contributed by atoms with van der Waals surface area (Å²) in [6.45, 7) is 0.777. The van der Waals surface area contributed by atoms with Crippen molar-refractivity contribution in [3.05, 3.63) is 66.5 Å². The van der Waals surface area contributed by atoms with Gasteiger partial charge in [-0.3, -0.25) is 5.10 Å². The standard InChI is InChI=1S/C21H23N3O4S2/c1-29(25,26)18-9-11-19(12-10-18)30(27,28)24-13-5-8-17(15-24)21-20(14-22-23-21)16-6-3-2-4-7-16/h2-4,6-7,9-12,14,17H,5,8,13,15H2,1H3,(H,22,23). The van der Waals surface area contributed by atoms with Crippen molar-refractivity contribution >= 4 is 19.9 Å². The summed E-state index contributed by atoms with van der Waals surface area (Å²) >= 11 is 0. The first-order valence-electron chi connectivity index (χ1n) is 9.66. The molecule has 0 bridgehead atoms. The molecule has 0 saturated carbocycles. The van der Waals surface area contributed by atoms with E-state index >= 15 is 0 Å². The summed E-state index contributed by atoms with van der Waals surface area (Å²) in [4.78, 5) is 0.200. The fraction of sp³-hybridized carbons (Fsp3) is 0.286. The third-order valence-electron chi connectivity index (χ3n) is 5.44. The van der Waals surface area contributed by atoms with Crippen LogP contribution in [0.5, 0.6) is 0 Å². The lowest BCUT2D eigenvalue weighted by Gasteiger charge is -2.32. The van der Waals surface area contributed by atoms with Crippen molar-refractivity contribution in [1.82, 2.24) is 14.5 Å². The molecular weight excluding hydrogens is 422 g/mol. The number of piperidine rings is 1. The largest absolute Gasteiger partial charge is 0.282 e. The van der Waals surface area contributed by atoms with Gasteiger partial charge in [0.2, 0.25) is 10.0 Å². The van der Waals surface area contributed by atoms with Gasteiger partial charge >= 0.3 is 0 Å². The highest BCUT2D eigenvalue weighted by molar-refractivity contribution is 7.90. The van der Waals surface area contributed by atoms with Crippen molar-refractivity contribution in [2.75, 3.05) is 19.3 Å². The molecule has 1 unspecified atom stereocenters. The number of hydrogen-bond acceptors (Lipinski definition) is 5. The zero-order valence-electron chi connectivity index (χ0n) is 16.5. The first-order chi connectivity index (χ1) is 14.3. The Morgan fingerprint density at radius 1 is 0.967 bits per heavy atom. The zero-order chi connectivity index (χ0) is 21.4. The van der Waals surface area contributed by atoms with Gasteiger partial charge in [-0.2, -0.15) is 9.40 Å². The van der Waals surface area contributed by atoms with Gasteiger partial charge < -0.3 is 0 Å². The van der Waals surface area contributed by atoms with E-state index in [1.165, 1.54) is 28.6 Å². The third-order valence-corrected chi connectivity index (χ3v) is 8.44. The molecule has 158 valence electrons.